The zero-order valence-corrected chi connectivity index (χ0v) is 13.1. The number of rotatable bonds is 4. The summed E-state index contributed by atoms with van der Waals surface area (Å²) < 4.78 is 0. The van der Waals surface area contributed by atoms with Crippen LogP contribution in [0.1, 0.15) is 59.3 Å². The van der Waals surface area contributed by atoms with Crippen LogP contribution in [0.3, 0.4) is 0 Å². The van der Waals surface area contributed by atoms with Crippen LogP contribution in [0.4, 0.5) is 0 Å². The summed E-state index contributed by atoms with van der Waals surface area (Å²) in [5.74, 6) is 1.92. The van der Waals surface area contributed by atoms with Gasteiger partial charge in [-0.1, -0.05) is 20.8 Å². The van der Waals surface area contributed by atoms with Crippen LogP contribution in [0.5, 0.6) is 0 Å². The molecule has 2 heteroatoms. The molecule has 2 nitrogen and oxygen atoms in total. The number of piperidine rings is 1. The minimum absolute atomic E-state index is 0.565. The highest BCUT2D eigenvalue weighted by molar-refractivity contribution is 4.96. The number of nitrogens with zero attached hydrogens (tertiary/aromatic N) is 1. The molecular weight excluding hydrogens is 232 g/mol. The van der Waals surface area contributed by atoms with E-state index in [1.807, 2.05) is 0 Å². The molecule has 110 valence electrons. The molecule has 0 aromatic rings. The molecule has 3 rings (SSSR count). The van der Waals surface area contributed by atoms with Gasteiger partial charge in [0.05, 0.1) is 0 Å². The van der Waals surface area contributed by atoms with E-state index in [1.165, 1.54) is 51.6 Å². The van der Waals surface area contributed by atoms with E-state index in [2.05, 4.69) is 31.0 Å². The van der Waals surface area contributed by atoms with Crippen molar-refractivity contribution in [3.05, 3.63) is 0 Å². The summed E-state index contributed by atoms with van der Waals surface area (Å²) in [6.07, 6.45) is 8.68. The van der Waals surface area contributed by atoms with Crippen LogP contribution in [0, 0.1) is 17.3 Å². The molecule has 1 heterocycles. The summed E-state index contributed by atoms with van der Waals surface area (Å²) in [6.45, 7) is 11.1. The number of likely N-dealkylation sites (tertiary alicyclic amines) is 1. The first-order valence-corrected chi connectivity index (χ1v) is 8.55. The summed E-state index contributed by atoms with van der Waals surface area (Å²) in [5, 5.41) is 3.76. The molecule has 3 aliphatic rings. The molecule has 3 fully saturated rings. The first-order chi connectivity index (χ1) is 9.07. The zero-order chi connectivity index (χ0) is 13.5. The van der Waals surface area contributed by atoms with Gasteiger partial charge >= 0.3 is 0 Å². The first-order valence-electron chi connectivity index (χ1n) is 8.55. The van der Waals surface area contributed by atoms with Crippen LogP contribution >= 0.6 is 0 Å². The average Bonchev–Trinajstić information content (AvgIpc) is 2.94. The maximum absolute atomic E-state index is 3.76. The fraction of sp³-hybridized carbons (Fsp3) is 1.00. The molecule has 2 bridgehead atoms. The van der Waals surface area contributed by atoms with Crippen LogP contribution in [0.2, 0.25) is 0 Å². The molecule has 0 radical (unpaired) electrons. The van der Waals surface area contributed by atoms with Crippen molar-refractivity contribution < 1.29 is 0 Å². The lowest BCUT2D eigenvalue weighted by molar-refractivity contribution is 0.0876. The van der Waals surface area contributed by atoms with Gasteiger partial charge in [-0.3, -0.25) is 4.90 Å². The van der Waals surface area contributed by atoms with Gasteiger partial charge in [0.1, 0.15) is 0 Å². The number of hydrogen-bond donors (Lipinski definition) is 1. The maximum atomic E-state index is 3.76. The van der Waals surface area contributed by atoms with E-state index in [-0.39, 0.29) is 0 Å². The Kier molecular flexibility index (Phi) is 3.92. The molecule has 4 unspecified atom stereocenters. The minimum atomic E-state index is 0.565. The second-order valence-electron chi connectivity index (χ2n) is 8.12. The molecule has 0 aromatic carbocycles. The number of hydrogen-bond acceptors (Lipinski definition) is 2. The monoisotopic (exact) mass is 264 g/mol. The lowest BCUT2D eigenvalue weighted by Gasteiger charge is -2.43. The van der Waals surface area contributed by atoms with Gasteiger partial charge in [-0.15, -0.1) is 0 Å². The van der Waals surface area contributed by atoms with Crippen LogP contribution in [-0.2, 0) is 0 Å². The summed E-state index contributed by atoms with van der Waals surface area (Å²) in [4.78, 5) is 2.84. The lowest BCUT2D eigenvalue weighted by Crippen LogP contribution is -2.48. The second kappa shape index (κ2) is 5.37. The van der Waals surface area contributed by atoms with Crippen molar-refractivity contribution in [3.8, 4) is 0 Å². The van der Waals surface area contributed by atoms with E-state index >= 15 is 0 Å². The Labute approximate surface area is 119 Å². The van der Waals surface area contributed by atoms with E-state index in [0.29, 0.717) is 5.41 Å². The van der Waals surface area contributed by atoms with Gasteiger partial charge in [0.25, 0.3) is 0 Å². The average molecular weight is 264 g/mol. The highest BCUT2D eigenvalue weighted by Gasteiger charge is 2.41. The van der Waals surface area contributed by atoms with Gasteiger partial charge in [-0.2, -0.15) is 0 Å². The third-order valence-corrected chi connectivity index (χ3v) is 5.97. The van der Waals surface area contributed by atoms with E-state index in [1.54, 1.807) is 0 Å². The standard InChI is InChI=1S/C17H32N2/c1-4-18-16-7-8-17(2,3)10-14(16)12-19-11-13-5-6-15(19)9-13/h13-16,18H,4-12H2,1-3H3. The summed E-state index contributed by atoms with van der Waals surface area (Å²) >= 11 is 0. The molecule has 1 aliphatic heterocycles. The molecule has 0 aromatic heterocycles. The van der Waals surface area contributed by atoms with Crippen molar-refractivity contribution in [2.45, 2.75) is 71.4 Å². The summed E-state index contributed by atoms with van der Waals surface area (Å²) in [5.41, 5.74) is 0.565. The highest BCUT2D eigenvalue weighted by atomic mass is 15.2. The van der Waals surface area contributed by atoms with Crippen molar-refractivity contribution in [2.24, 2.45) is 17.3 Å². The SMILES string of the molecule is CCNC1CCC(C)(C)CC1CN1CC2CCC1C2. The molecular formula is C17H32N2. The van der Waals surface area contributed by atoms with E-state index < -0.39 is 0 Å². The molecule has 1 saturated heterocycles. The minimum Gasteiger partial charge on any atom is -0.314 e. The van der Waals surface area contributed by atoms with Gasteiger partial charge in [0.15, 0.2) is 0 Å². The quantitative estimate of drug-likeness (QED) is 0.838. The predicted molar refractivity (Wildman–Crippen MR) is 81.3 cm³/mol. The van der Waals surface area contributed by atoms with Crippen LogP contribution < -0.4 is 5.32 Å². The topological polar surface area (TPSA) is 15.3 Å². The van der Waals surface area contributed by atoms with E-state index in [0.717, 1.165) is 30.5 Å². The second-order valence-corrected chi connectivity index (χ2v) is 8.12. The molecule has 0 spiro atoms. The Hall–Kier alpha value is -0.0800. The molecule has 2 saturated carbocycles. The van der Waals surface area contributed by atoms with E-state index in [9.17, 15) is 0 Å². The largest absolute Gasteiger partial charge is 0.314 e. The third-order valence-electron chi connectivity index (χ3n) is 5.97. The van der Waals surface area contributed by atoms with Crippen molar-refractivity contribution in [1.29, 1.82) is 0 Å². The zero-order valence-electron chi connectivity index (χ0n) is 13.1. The van der Waals surface area contributed by atoms with Crippen molar-refractivity contribution in [1.82, 2.24) is 10.2 Å². The van der Waals surface area contributed by atoms with Crippen LogP contribution in [-0.4, -0.2) is 36.6 Å². The van der Waals surface area contributed by atoms with Crippen LogP contribution in [0.25, 0.3) is 0 Å². The van der Waals surface area contributed by atoms with Crippen molar-refractivity contribution >= 4 is 0 Å². The van der Waals surface area contributed by atoms with Crippen molar-refractivity contribution in [2.75, 3.05) is 19.6 Å². The van der Waals surface area contributed by atoms with Gasteiger partial charge in [0.2, 0.25) is 0 Å². The summed E-state index contributed by atoms with van der Waals surface area (Å²) in [7, 11) is 0. The van der Waals surface area contributed by atoms with Gasteiger partial charge in [-0.25, -0.2) is 0 Å². The highest BCUT2D eigenvalue weighted by Crippen LogP contribution is 2.42. The van der Waals surface area contributed by atoms with Gasteiger partial charge in [-0.05, 0) is 62.3 Å². The van der Waals surface area contributed by atoms with Gasteiger partial charge in [0, 0.05) is 25.2 Å². The fourth-order valence-corrected chi connectivity index (χ4v) is 5.01. The van der Waals surface area contributed by atoms with E-state index in [4.69, 9.17) is 0 Å². The maximum Gasteiger partial charge on any atom is 0.0108 e. The van der Waals surface area contributed by atoms with Crippen LogP contribution in [0.15, 0.2) is 0 Å². The van der Waals surface area contributed by atoms with Crippen molar-refractivity contribution in [3.63, 3.8) is 0 Å². The molecule has 4 atom stereocenters. The lowest BCUT2D eigenvalue weighted by atomic mass is 9.69. The smallest absolute Gasteiger partial charge is 0.0108 e. The Morgan fingerprint density at radius 3 is 2.68 bits per heavy atom. The Morgan fingerprint density at radius 1 is 1.21 bits per heavy atom. The molecule has 2 aliphatic carbocycles. The Bertz CT molecular complexity index is 312. The molecule has 19 heavy (non-hydrogen) atoms. The van der Waals surface area contributed by atoms with Gasteiger partial charge < -0.3 is 5.32 Å². The molecule has 1 N–H and O–H groups in total. The number of fused-ring (bicyclic) bond motifs is 2. The summed E-state index contributed by atoms with van der Waals surface area (Å²) in [6, 6.07) is 1.72. The first kappa shape index (κ1) is 13.9. The predicted octanol–water partition coefficient (Wildman–Crippen LogP) is 3.28. The Morgan fingerprint density at radius 2 is 2.05 bits per heavy atom. The Balaban J connectivity index is 1.62. The number of nitrogens with one attached hydrogen (secondary N) is 1. The normalized spacial score (nSPS) is 41.8. The molecule has 0 amide bonds. The fourth-order valence-electron chi connectivity index (χ4n) is 5.01. The third kappa shape index (κ3) is 3.00.